The van der Waals surface area contributed by atoms with Crippen LogP contribution < -0.4 is 0 Å². The van der Waals surface area contributed by atoms with Crippen LogP contribution in [0.2, 0.25) is 0 Å². The van der Waals surface area contributed by atoms with Crippen molar-refractivity contribution in [2.24, 2.45) is 0 Å². The maximum absolute atomic E-state index is 13.0. The Morgan fingerprint density at radius 3 is 2.15 bits per heavy atom. The average Bonchev–Trinajstić information content (AvgIpc) is 2.38. The summed E-state index contributed by atoms with van der Waals surface area (Å²) in [5.74, 6) is 0.0707. The SMILES string of the molecule is CC(c1ccc(F)cc1)c1cc(C(C)(C)C)ccc1O. The van der Waals surface area contributed by atoms with Crippen molar-refractivity contribution in [3.8, 4) is 5.75 Å². The fourth-order valence-electron chi connectivity index (χ4n) is 2.30. The Morgan fingerprint density at radius 1 is 1.00 bits per heavy atom. The Morgan fingerprint density at radius 2 is 1.60 bits per heavy atom. The zero-order chi connectivity index (χ0) is 14.9. The summed E-state index contributed by atoms with van der Waals surface area (Å²) in [5.41, 5.74) is 3.08. The molecule has 0 aliphatic carbocycles. The highest BCUT2D eigenvalue weighted by atomic mass is 19.1. The molecule has 0 heterocycles. The van der Waals surface area contributed by atoms with Gasteiger partial charge >= 0.3 is 0 Å². The minimum absolute atomic E-state index is 0.0258. The van der Waals surface area contributed by atoms with Gasteiger partial charge in [0.25, 0.3) is 0 Å². The van der Waals surface area contributed by atoms with Crippen LogP contribution >= 0.6 is 0 Å². The summed E-state index contributed by atoms with van der Waals surface area (Å²) in [7, 11) is 0. The van der Waals surface area contributed by atoms with Crippen LogP contribution in [0.1, 0.15) is 50.3 Å². The first kappa shape index (κ1) is 14.6. The number of aromatic hydroxyl groups is 1. The second kappa shape index (κ2) is 5.28. The van der Waals surface area contributed by atoms with E-state index in [9.17, 15) is 9.50 Å². The second-order valence-electron chi connectivity index (χ2n) is 6.30. The van der Waals surface area contributed by atoms with Gasteiger partial charge in [-0.1, -0.05) is 52.0 Å². The zero-order valence-corrected chi connectivity index (χ0v) is 12.4. The largest absolute Gasteiger partial charge is 0.508 e. The molecule has 106 valence electrons. The van der Waals surface area contributed by atoms with E-state index in [-0.39, 0.29) is 22.9 Å². The smallest absolute Gasteiger partial charge is 0.123 e. The zero-order valence-electron chi connectivity index (χ0n) is 12.4. The summed E-state index contributed by atoms with van der Waals surface area (Å²) in [6.45, 7) is 8.46. The van der Waals surface area contributed by atoms with E-state index in [4.69, 9.17) is 0 Å². The molecule has 0 fully saturated rings. The second-order valence-corrected chi connectivity index (χ2v) is 6.30. The molecular weight excluding hydrogens is 251 g/mol. The molecule has 2 rings (SSSR count). The van der Waals surface area contributed by atoms with Crippen LogP contribution in [0.15, 0.2) is 42.5 Å². The predicted molar refractivity (Wildman–Crippen MR) is 80.7 cm³/mol. The van der Waals surface area contributed by atoms with Crippen molar-refractivity contribution in [3.05, 3.63) is 65.0 Å². The van der Waals surface area contributed by atoms with Gasteiger partial charge < -0.3 is 5.11 Å². The molecule has 2 aromatic rings. The molecule has 1 atom stereocenters. The Kier molecular flexibility index (Phi) is 3.85. The van der Waals surface area contributed by atoms with Crippen molar-refractivity contribution >= 4 is 0 Å². The van der Waals surface area contributed by atoms with Gasteiger partial charge in [-0.2, -0.15) is 0 Å². The third-order valence-electron chi connectivity index (χ3n) is 3.73. The number of hydrogen-bond donors (Lipinski definition) is 1. The van der Waals surface area contributed by atoms with Crippen LogP contribution in [0.5, 0.6) is 5.75 Å². The highest BCUT2D eigenvalue weighted by molar-refractivity contribution is 5.44. The van der Waals surface area contributed by atoms with E-state index >= 15 is 0 Å². The molecule has 1 unspecified atom stereocenters. The Hall–Kier alpha value is -1.83. The molecule has 0 aliphatic rings. The van der Waals surface area contributed by atoms with Crippen molar-refractivity contribution < 1.29 is 9.50 Å². The quantitative estimate of drug-likeness (QED) is 0.817. The summed E-state index contributed by atoms with van der Waals surface area (Å²) in [5, 5.41) is 10.1. The fraction of sp³-hybridized carbons (Fsp3) is 0.333. The number of phenols is 1. The summed E-state index contributed by atoms with van der Waals surface area (Å²) in [6.07, 6.45) is 0. The lowest BCUT2D eigenvalue weighted by Gasteiger charge is -2.22. The Balaban J connectivity index is 2.43. The van der Waals surface area contributed by atoms with Crippen LogP contribution in [0, 0.1) is 5.82 Å². The number of rotatable bonds is 2. The normalized spacial score (nSPS) is 13.2. The van der Waals surface area contributed by atoms with Crippen LogP contribution in [-0.4, -0.2) is 5.11 Å². The Bertz CT molecular complexity index is 594. The van der Waals surface area contributed by atoms with Crippen molar-refractivity contribution in [2.45, 2.75) is 39.0 Å². The molecule has 20 heavy (non-hydrogen) atoms. The third-order valence-corrected chi connectivity index (χ3v) is 3.73. The van der Waals surface area contributed by atoms with E-state index in [1.54, 1.807) is 18.2 Å². The summed E-state index contributed by atoms with van der Waals surface area (Å²) >= 11 is 0. The van der Waals surface area contributed by atoms with Gasteiger partial charge in [-0.25, -0.2) is 4.39 Å². The highest BCUT2D eigenvalue weighted by Crippen LogP contribution is 2.34. The van der Waals surface area contributed by atoms with Gasteiger partial charge in [0, 0.05) is 11.5 Å². The van der Waals surface area contributed by atoms with E-state index < -0.39 is 0 Å². The maximum atomic E-state index is 13.0. The minimum Gasteiger partial charge on any atom is -0.508 e. The number of phenolic OH excluding ortho intramolecular Hbond substituents is 1. The highest BCUT2D eigenvalue weighted by Gasteiger charge is 2.18. The van der Waals surface area contributed by atoms with E-state index in [0.29, 0.717) is 0 Å². The van der Waals surface area contributed by atoms with Gasteiger partial charge in [-0.3, -0.25) is 0 Å². The van der Waals surface area contributed by atoms with E-state index in [2.05, 4.69) is 20.8 Å². The molecule has 2 aromatic carbocycles. The molecule has 0 aliphatic heterocycles. The summed E-state index contributed by atoms with van der Waals surface area (Å²) in [4.78, 5) is 0. The number of hydrogen-bond acceptors (Lipinski definition) is 1. The lowest BCUT2D eigenvalue weighted by Crippen LogP contribution is -2.12. The van der Waals surface area contributed by atoms with Gasteiger partial charge in [0.15, 0.2) is 0 Å². The molecule has 0 bridgehead atoms. The average molecular weight is 272 g/mol. The van der Waals surface area contributed by atoms with Gasteiger partial charge in [0.1, 0.15) is 11.6 Å². The molecule has 1 N–H and O–H groups in total. The van der Waals surface area contributed by atoms with E-state index in [1.807, 2.05) is 19.1 Å². The predicted octanol–water partition coefficient (Wildman–Crippen LogP) is 4.98. The summed E-state index contributed by atoms with van der Waals surface area (Å²) in [6, 6.07) is 12.2. The first-order valence-corrected chi connectivity index (χ1v) is 6.88. The van der Waals surface area contributed by atoms with E-state index in [1.165, 1.54) is 17.7 Å². The van der Waals surface area contributed by atoms with Crippen LogP contribution in [-0.2, 0) is 5.41 Å². The van der Waals surface area contributed by atoms with Gasteiger partial charge in [0.2, 0.25) is 0 Å². The molecule has 0 radical (unpaired) electrons. The molecule has 0 amide bonds. The van der Waals surface area contributed by atoms with Gasteiger partial charge in [-0.15, -0.1) is 0 Å². The standard InChI is InChI=1S/C18H21FO/c1-12(13-5-8-15(19)9-6-13)16-11-14(18(2,3)4)7-10-17(16)20/h5-12,20H,1-4H3. The van der Waals surface area contributed by atoms with Crippen LogP contribution in [0.25, 0.3) is 0 Å². The monoisotopic (exact) mass is 272 g/mol. The molecule has 1 nitrogen and oxygen atoms in total. The first-order valence-electron chi connectivity index (χ1n) is 6.88. The molecule has 0 saturated carbocycles. The minimum atomic E-state index is -0.242. The van der Waals surface area contributed by atoms with Gasteiger partial charge in [0.05, 0.1) is 0 Å². The van der Waals surface area contributed by atoms with Crippen molar-refractivity contribution in [1.82, 2.24) is 0 Å². The first-order chi connectivity index (χ1) is 9.29. The topological polar surface area (TPSA) is 20.2 Å². The third kappa shape index (κ3) is 3.01. The maximum Gasteiger partial charge on any atom is 0.123 e. The lowest BCUT2D eigenvalue weighted by atomic mass is 9.83. The Labute approximate surface area is 120 Å². The van der Waals surface area contributed by atoms with Crippen molar-refractivity contribution in [3.63, 3.8) is 0 Å². The van der Waals surface area contributed by atoms with Crippen LogP contribution in [0.3, 0.4) is 0 Å². The van der Waals surface area contributed by atoms with Gasteiger partial charge in [-0.05, 0) is 34.7 Å². The number of halogens is 1. The molecule has 0 aromatic heterocycles. The molecular formula is C18H21FO. The number of benzene rings is 2. The fourth-order valence-corrected chi connectivity index (χ4v) is 2.30. The molecule has 0 saturated heterocycles. The molecule has 2 heteroatoms. The van der Waals surface area contributed by atoms with Crippen molar-refractivity contribution in [2.75, 3.05) is 0 Å². The molecule has 0 spiro atoms. The summed E-state index contributed by atoms with van der Waals surface area (Å²) < 4.78 is 13.0. The van der Waals surface area contributed by atoms with E-state index in [0.717, 1.165) is 11.1 Å². The van der Waals surface area contributed by atoms with Crippen molar-refractivity contribution in [1.29, 1.82) is 0 Å². The lowest BCUT2D eigenvalue weighted by molar-refractivity contribution is 0.464. The van der Waals surface area contributed by atoms with Crippen LogP contribution in [0.4, 0.5) is 4.39 Å².